The van der Waals surface area contributed by atoms with Gasteiger partial charge < -0.3 is 10.3 Å². The van der Waals surface area contributed by atoms with Gasteiger partial charge in [0.05, 0.1) is 6.04 Å². The molecule has 1 unspecified atom stereocenters. The van der Waals surface area contributed by atoms with Crippen LogP contribution >= 0.6 is 0 Å². The van der Waals surface area contributed by atoms with Crippen LogP contribution in [0.2, 0.25) is 0 Å². The second kappa shape index (κ2) is 4.94. The predicted octanol–water partition coefficient (Wildman–Crippen LogP) is 2.13. The molecule has 0 saturated carbocycles. The average Bonchev–Trinajstić information content (AvgIpc) is 2.73. The summed E-state index contributed by atoms with van der Waals surface area (Å²) in [7, 11) is 0. The van der Waals surface area contributed by atoms with Crippen LogP contribution in [0.3, 0.4) is 0 Å². The zero-order valence-electron chi connectivity index (χ0n) is 9.50. The fourth-order valence-corrected chi connectivity index (χ4v) is 2.02. The maximum absolute atomic E-state index is 5.69. The Morgan fingerprint density at radius 1 is 1.31 bits per heavy atom. The Morgan fingerprint density at radius 3 is 2.62 bits per heavy atom. The quantitative estimate of drug-likeness (QED) is 0.849. The van der Waals surface area contributed by atoms with E-state index in [-0.39, 0.29) is 0 Å². The fourth-order valence-electron chi connectivity index (χ4n) is 2.02. The predicted molar refractivity (Wildman–Crippen MR) is 65.2 cm³/mol. The van der Waals surface area contributed by atoms with Gasteiger partial charge in [-0.1, -0.05) is 30.3 Å². The van der Waals surface area contributed by atoms with Gasteiger partial charge in [0, 0.05) is 12.4 Å². The molecule has 2 aromatic rings. The van der Waals surface area contributed by atoms with E-state index in [0.717, 1.165) is 12.2 Å². The highest BCUT2D eigenvalue weighted by Crippen LogP contribution is 2.22. The van der Waals surface area contributed by atoms with Crippen molar-refractivity contribution in [3.63, 3.8) is 0 Å². The Kier molecular flexibility index (Phi) is 3.37. The zero-order valence-corrected chi connectivity index (χ0v) is 9.50. The van der Waals surface area contributed by atoms with Gasteiger partial charge in [0.25, 0.3) is 0 Å². The van der Waals surface area contributed by atoms with Crippen molar-refractivity contribution < 1.29 is 0 Å². The molecule has 3 heteroatoms. The van der Waals surface area contributed by atoms with E-state index in [1.165, 1.54) is 5.56 Å². The molecule has 0 aliphatic carbocycles. The molecule has 2 rings (SSSR count). The highest BCUT2D eigenvalue weighted by molar-refractivity contribution is 5.20. The van der Waals surface area contributed by atoms with E-state index < -0.39 is 0 Å². The van der Waals surface area contributed by atoms with Crippen LogP contribution in [0.4, 0.5) is 0 Å². The summed E-state index contributed by atoms with van der Waals surface area (Å²) in [5.74, 6) is 1.03. The number of hydrogen-bond acceptors (Lipinski definition) is 2. The molecule has 84 valence electrons. The zero-order chi connectivity index (χ0) is 11.4. The first-order valence-corrected chi connectivity index (χ1v) is 5.57. The van der Waals surface area contributed by atoms with Crippen LogP contribution in [0.25, 0.3) is 0 Å². The second-order valence-corrected chi connectivity index (χ2v) is 3.89. The number of hydrogen-bond donors (Lipinski definition) is 1. The van der Waals surface area contributed by atoms with Gasteiger partial charge >= 0.3 is 0 Å². The summed E-state index contributed by atoms with van der Waals surface area (Å²) in [6.07, 6.45) is 4.78. The van der Waals surface area contributed by atoms with Crippen LogP contribution < -0.4 is 5.73 Å². The summed E-state index contributed by atoms with van der Waals surface area (Å²) in [5, 5.41) is 0. The minimum absolute atomic E-state index is 0.300. The van der Waals surface area contributed by atoms with Gasteiger partial charge in [-0.3, -0.25) is 0 Å². The molecule has 0 bridgehead atoms. The first-order valence-electron chi connectivity index (χ1n) is 5.57. The van der Waals surface area contributed by atoms with Crippen LogP contribution in [-0.4, -0.2) is 16.1 Å². The molecule has 16 heavy (non-hydrogen) atoms. The molecule has 1 atom stereocenters. The van der Waals surface area contributed by atoms with Gasteiger partial charge in [0.2, 0.25) is 0 Å². The SMILES string of the molecule is Cc1nccn1C(CCN)c1ccccc1. The molecule has 0 spiro atoms. The van der Waals surface area contributed by atoms with Crippen molar-refractivity contribution in [1.29, 1.82) is 0 Å². The fraction of sp³-hybridized carbons (Fsp3) is 0.308. The van der Waals surface area contributed by atoms with Crippen molar-refractivity contribution >= 4 is 0 Å². The van der Waals surface area contributed by atoms with Crippen LogP contribution in [0.15, 0.2) is 42.7 Å². The molecule has 2 N–H and O–H groups in total. The molecule has 1 aromatic carbocycles. The summed E-state index contributed by atoms with van der Waals surface area (Å²) in [6, 6.07) is 10.7. The first-order chi connectivity index (χ1) is 7.83. The first kappa shape index (κ1) is 10.9. The molecule has 3 nitrogen and oxygen atoms in total. The third kappa shape index (κ3) is 2.14. The van der Waals surface area contributed by atoms with E-state index in [0.29, 0.717) is 12.6 Å². The van der Waals surface area contributed by atoms with Crippen molar-refractivity contribution in [2.75, 3.05) is 6.54 Å². The largest absolute Gasteiger partial charge is 0.330 e. The number of aryl methyl sites for hydroxylation is 1. The van der Waals surface area contributed by atoms with E-state index in [4.69, 9.17) is 5.73 Å². The molecule has 0 aliphatic rings. The van der Waals surface area contributed by atoms with Crippen molar-refractivity contribution in [3.8, 4) is 0 Å². The highest BCUT2D eigenvalue weighted by atomic mass is 15.1. The van der Waals surface area contributed by atoms with Gasteiger partial charge in [-0.05, 0) is 25.5 Å². The van der Waals surface area contributed by atoms with E-state index in [1.54, 1.807) is 0 Å². The summed E-state index contributed by atoms with van der Waals surface area (Å²) in [5.41, 5.74) is 6.98. The van der Waals surface area contributed by atoms with Crippen molar-refractivity contribution in [2.45, 2.75) is 19.4 Å². The summed E-state index contributed by atoms with van der Waals surface area (Å²) in [6.45, 7) is 2.70. The minimum Gasteiger partial charge on any atom is -0.330 e. The second-order valence-electron chi connectivity index (χ2n) is 3.89. The lowest BCUT2D eigenvalue weighted by molar-refractivity contribution is 0.535. The van der Waals surface area contributed by atoms with Crippen molar-refractivity contribution in [1.82, 2.24) is 9.55 Å². The van der Waals surface area contributed by atoms with Crippen LogP contribution in [0, 0.1) is 6.92 Å². The third-order valence-corrected chi connectivity index (χ3v) is 2.82. The van der Waals surface area contributed by atoms with Crippen LogP contribution in [-0.2, 0) is 0 Å². The lowest BCUT2D eigenvalue weighted by Crippen LogP contribution is -2.15. The van der Waals surface area contributed by atoms with Crippen LogP contribution in [0.5, 0.6) is 0 Å². The van der Waals surface area contributed by atoms with E-state index in [2.05, 4.69) is 33.8 Å². The van der Waals surface area contributed by atoms with E-state index in [1.807, 2.05) is 25.4 Å². The Labute approximate surface area is 95.9 Å². The Hall–Kier alpha value is -1.61. The average molecular weight is 215 g/mol. The third-order valence-electron chi connectivity index (χ3n) is 2.82. The van der Waals surface area contributed by atoms with Gasteiger partial charge in [-0.25, -0.2) is 4.98 Å². The maximum Gasteiger partial charge on any atom is 0.106 e. The number of benzene rings is 1. The van der Waals surface area contributed by atoms with Gasteiger partial charge in [-0.2, -0.15) is 0 Å². The molecule has 1 heterocycles. The molecular formula is C13H17N3. The van der Waals surface area contributed by atoms with Gasteiger partial charge in [0.15, 0.2) is 0 Å². The standard InChI is InChI=1S/C13H17N3/c1-11-15-9-10-16(11)13(7-8-14)12-5-3-2-4-6-12/h2-6,9-10,13H,7-8,14H2,1H3. The molecule has 1 aromatic heterocycles. The van der Waals surface area contributed by atoms with E-state index >= 15 is 0 Å². The number of nitrogens with two attached hydrogens (primary N) is 1. The Balaban J connectivity index is 2.35. The van der Waals surface area contributed by atoms with Crippen LogP contribution in [0.1, 0.15) is 23.9 Å². The molecule has 0 radical (unpaired) electrons. The topological polar surface area (TPSA) is 43.8 Å². The lowest BCUT2D eigenvalue weighted by Gasteiger charge is -2.19. The Morgan fingerprint density at radius 2 is 2.06 bits per heavy atom. The van der Waals surface area contributed by atoms with Crippen molar-refractivity contribution in [2.24, 2.45) is 5.73 Å². The molecular weight excluding hydrogens is 198 g/mol. The normalized spacial score (nSPS) is 12.6. The summed E-state index contributed by atoms with van der Waals surface area (Å²) in [4.78, 5) is 4.27. The smallest absolute Gasteiger partial charge is 0.106 e. The van der Waals surface area contributed by atoms with Crippen molar-refractivity contribution in [3.05, 3.63) is 54.1 Å². The maximum atomic E-state index is 5.69. The van der Waals surface area contributed by atoms with E-state index in [9.17, 15) is 0 Å². The number of imidazole rings is 1. The lowest BCUT2D eigenvalue weighted by atomic mass is 10.0. The highest BCUT2D eigenvalue weighted by Gasteiger charge is 2.13. The minimum atomic E-state index is 0.300. The molecule has 0 amide bonds. The van der Waals surface area contributed by atoms with Gasteiger partial charge in [-0.15, -0.1) is 0 Å². The molecule has 0 aliphatic heterocycles. The number of rotatable bonds is 4. The number of nitrogens with zero attached hydrogens (tertiary/aromatic N) is 2. The Bertz CT molecular complexity index is 433. The summed E-state index contributed by atoms with van der Waals surface area (Å²) >= 11 is 0. The molecule has 0 saturated heterocycles. The monoisotopic (exact) mass is 215 g/mol. The summed E-state index contributed by atoms with van der Waals surface area (Å²) < 4.78 is 2.18. The number of aromatic nitrogens is 2. The molecule has 0 fully saturated rings. The van der Waals surface area contributed by atoms with Gasteiger partial charge in [0.1, 0.15) is 5.82 Å².